The minimum absolute atomic E-state index is 0.689. The lowest BCUT2D eigenvalue weighted by molar-refractivity contribution is -0.387. The van der Waals surface area contributed by atoms with Gasteiger partial charge in [0.1, 0.15) is 42.7 Å². The van der Waals surface area contributed by atoms with E-state index in [2.05, 4.69) is 5.32 Å². The number of carbonyl (C=O) groups excluding carboxylic acids is 1. The Morgan fingerprint density at radius 1 is 1.12 bits per heavy atom. The molecule has 2 fully saturated rings. The van der Waals surface area contributed by atoms with E-state index >= 15 is 0 Å². The van der Waals surface area contributed by atoms with Crippen molar-refractivity contribution in [1.82, 2.24) is 5.32 Å². The molecule has 0 aromatic heterocycles. The SMILES string of the molecule is CC(=O)N[C@H]1[C@H]([C@H](O)[C@H](O)CO)O[C@@](O[C@H]2O[C@H](CO)[C@@H](O)[C@H](O)[C@H]2O)(C(=O)O)C[C@@H]1O. The van der Waals surface area contributed by atoms with Gasteiger partial charge in [0.15, 0.2) is 6.29 Å². The second-order valence-electron chi connectivity index (χ2n) is 7.69. The third-order valence-corrected chi connectivity index (χ3v) is 5.34. The molecule has 11 atom stereocenters. The Kier molecular flexibility index (Phi) is 8.88. The molecule has 2 heterocycles. The van der Waals surface area contributed by atoms with Crippen molar-refractivity contribution >= 4 is 11.9 Å². The van der Waals surface area contributed by atoms with Gasteiger partial charge in [-0.15, -0.1) is 0 Å². The second kappa shape index (κ2) is 10.6. The van der Waals surface area contributed by atoms with Gasteiger partial charge in [0, 0.05) is 13.3 Å². The highest BCUT2D eigenvalue weighted by atomic mass is 16.8. The molecule has 0 aliphatic carbocycles. The van der Waals surface area contributed by atoms with E-state index in [0.717, 1.165) is 6.92 Å². The third kappa shape index (κ3) is 5.35. The quantitative estimate of drug-likeness (QED) is 0.158. The molecule has 10 N–H and O–H groups in total. The molecular formula is C17H29NO14. The lowest BCUT2D eigenvalue weighted by atomic mass is 9.88. The van der Waals surface area contributed by atoms with Crippen LogP contribution in [-0.2, 0) is 23.8 Å². The maximum atomic E-state index is 12.1. The maximum Gasteiger partial charge on any atom is 0.364 e. The van der Waals surface area contributed by atoms with Crippen LogP contribution in [0.1, 0.15) is 13.3 Å². The van der Waals surface area contributed by atoms with Crippen molar-refractivity contribution in [1.29, 1.82) is 0 Å². The average molecular weight is 471 g/mol. The van der Waals surface area contributed by atoms with Gasteiger partial charge in [0.25, 0.3) is 5.79 Å². The number of amides is 1. The number of hydrogen-bond acceptors (Lipinski definition) is 13. The van der Waals surface area contributed by atoms with E-state index < -0.39 is 98.5 Å². The molecule has 0 aromatic rings. The standard InChI is InChI=1S/C17H29NO14/c1-5(21)18-9-6(22)2-17(16(28)29,31-14(9)10(24)7(23)3-19)32-15-13(27)12(26)11(25)8(4-20)30-15/h6-15,19-20,22-27H,2-4H2,1H3,(H,18,21)(H,28,29)/t6-,7+,8+,9+,10+,11+,12-,13+,14+,15+,17-/m0/s1. The van der Waals surface area contributed by atoms with Crippen molar-refractivity contribution < 1.29 is 69.8 Å². The molecule has 1 amide bonds. The molecule has 15 heteroatoms. The van der Waals surface area contributed by atoms with Crippen molar-refractivity contribution in [3.8, 4) is 0 Å². The summed E-state index contributed by atoms with van der Waals surface area (Å²) in [6, 6.07) is -1.44. The normalized spacial score (nSPS) is 42.2. The van der Waals surface area contributed by atoms with Crippen LogP contribution in [0.15, 0.2) is 0 Å². The lowest BCUT2D eigenvalue weighted by Crippen LogP contribution is -2.69. The number of carbonyl (C=O) groups is 2. The van der Waals surface area contributed by atoms with Gasteiger partial charge in [-0.3, -0.25) is 4.79 Å². The van der Waals surface area contributed by atoms with E-state index in [1.54, 1.807) is 0 Å². The number of carboxylic acid groups (broad SMARTS) is 1. The molecule has 32 heavy (non-hydrogen) atoms. The minimum atomic E-state index is -2.84. The Bertz CT molecular complexity index is 663. The number of nitrogens with one attached hydrogen (secondary N) is 1. The van der Waals surface area contributed by atoms with Crippen molar-refractivity contribution in [2.24, 2.45) is 0 Å². The summed E-state index contributed by atoms with van der Waals surface area (Å²) in [4.78, 5) is 23.6. The van der Waals surface area contributed by atoms with Crippen molar-refractivity contribution in [3.63, 3.8) is 0 Å². The zero-order valence-corrected chi connectivity index (χ0v) is 17.0. The number of carboxylic acids is 1. The van der Waals surface area contributed by atoms with Crippen molar-refractivity contribution in [3.05, 3.63) is 0 Å². The summed E-state index contributed by atoms with van der Waals surface area (Å²) < 4.78 is 15.7. The number of aliphatic carboxylic acids is 1. The highest BCUT2D eigenvalue weighted by Gasteiger charge is 2.58. The predicted molar refractivity (Wildman–Crippen MR) is 97.4 cm³/mol. The molecule has 0 saturated carbocycles. The Labute approximate surface area is 181 Å². The van der Waals surface area contributed by atoms with Gasteiger partial charge in [-0.25, -0.2) is 4.79 Å². The summed E-state index contributed by atoms with van der Waals surface area (Å²) in [7, 11) is 0. The van der Waals surface area contributed by atoms with E-state index in [1.807, 2.05) is 0 Å². The summed E-state index contributed by atoms with van der Waals surface area (Å²) in [6.45, 7) is -0.733. The minimum Gasteiger partial charge on any atom is -0.477 e. The zero-order chi connectivity index (χ0) is 24.4. The Balaban J connectivity index is 2.39. The summed E-state index contributed by atoms with van der Waals surface area (Å²) in [5.74, 6) is -5.40. The first-order chi connectivity index (χ1) is 14.9. The highest BCUT2D eigenvalue weighted by Crippen LogP contribution is 2.36. The van der Waals surface area contributed by atoms with E-state index in [0.29, 0.717) is 0 Å². The first-order valence-electron chi connectivity index (χ1n) is 9.70. The predicted octanol–water partition coefficient (Wildman–Crippen LogP) is -6.05. The summed E-state index contributed by atoms with van der Waals surface area (Å²) in [5.41, 5.74) is 0. The average Bonchev–Trinajstić information content (AvgIpc) is 2.74. The van der Waals surface area contributed by atoms with Crippen LogP contribution in [0.5, 0.6) is 0 Å². The van der Waals surface area contributed by atoms with Crippen LogP contribution < -0.4 is 5.32 Å². The van der Waals surface area contributed by atoms with Crippen LogP contribution >= 0.6 is 0 Å². The van der Waals surface area contributed by atoms with Crippen LogP contribution in [0.2, 0.25) is 0 Å². The summed E-state index contributed by atoms with van der Waals surface area (Å²) >= 11 is 0. The number of aliphatic hydroxyl groups excluding tert-OH is 8. The molecule has 186 valence electrons. The van der Waals surface area contributed by atoms with Gasteiger partial charge >= 0.3 is 5.97 Å². The van der Waals surface area contributed by atoms with Crippen LogP contribution in [-0.4, -0.2) is 138 Å². The largest absolute Gasteiger partial charge is 0.477 e. The first-order valence-corrected chi connectivity index (χ1v) is 9.70. The molecule has 2 aliphatic heterocycles. The molecule has 15 nitrogen and oxygen atoms in total. The molecule has 0 radical (unpaired) electrons. The van der Waals surface area contributed by atoms with Crippen LogP contribution in [0.3, 0.4) is 0 Å². The number of rotatable bonds is 8. The highest BCUT2D eigenvalue weighted by molar-refractivity contribution is 5.76. The van der Waals surface area contributed by atoms with Gasteiger partial charge in [0.05, 0.1) is 25.4 Å². The first kappa shape index (κ1) is 26.7. The Hall–Kier alpha value is -1.50. The fourth-order valence-electron chi connectivity index (χ4n) is 3.60. The van der Waals surface area contributed by atoms with E-state index in [9.17, 15) is 50.4 Å². The van der Waals surface area contributed by atoms with Gasteiger partial charge in [-0.1, -0.05) is 0 Å². The van der Waals surface area contributed by atoms with Gasteiger partial charge in [-0.05, 0) is 0 Å². The van der Waals surface area contributed by atoms with Crippen LogP contribution in [0.4, 0.5) is 0 Å². The molecule has 2 aliphatic rings. The molecular weight excluding hydrogens is 442 g/mol. The monoisotopic (exact) mass is 471 g/mol. The summed E-state index contributed by atoms with van der Waals surface area (Å²) in [6.07, 6.45) is -17.4. The Morgan fingerprint density at radius 3 is 2.25 bits per heavy atom. The van der Waals surface area contributed by atoms with Gasteiger partial charge < -0.3 is 65.5 Å². The molecule has 0 unspecified atom stereocenters. The van der Waals surface area contributed by atoms with E-state index in [-0.39, 0.29) is 0 Å². The second-order valence-corrected chi connectivity index (χ2v) is 7.69. The smallest absolute Gasteiger partial charge is 0.364 e. The zero-order valence-electron chi connectivity index (χ0n) is 17.0. The fraction of sp³-hybridized carbons (Fsp3) is 0.882. The Morgan fingerprint density at radius 2 is 1.75 bits per heavy atom. The van der Waals surface area contributed by atoms with Crippen molar-refractivity contribution in [2.75, 3.05) is 13.2 Å². The molecule has 0 spiro atoms. The van der Waals surface area contributed by atoms with Gasteiger partial charge in [0.2, 0.25) is 5.91 Å². The number of hydrogen-bond donors (Lipinski definition) is 10. The molecule has 2 saturated heterocycles. The number of ether oxygens (including phenoxy) is 3. The third-order valence-electron chi connectivity index (χ3n) is 5.34. The lowest BCUT2D eigenvalue weighted by Gasteiger charge is -2.49. The van der Waals surface area contributed by atoms with Crippen LogP contribution in [0, 0.1) is 0 Å². The van der Waals surface area contributed by atoms with Crippen molar-refractivity contribution in [2.45, 2.75) is 80.3 Å². The topological polar surface area (TPSA) is 256 Å². The number of aliphatic hydroxyl groups is 8. The van der Waals surface area contributed by atoms with E-state index in [1.165, 1.54) is 0 Å². The van der Waals surface area contributed by atoms with Gasteiger partial charge in [-0.2, -0.15) is 0 Å². The van der Waals surface area contributed by atoms with Crippen LogP contribution in [0.25, 0.3) is 0 Å². The maximum absolute atomic E-state index is 12.1. The van der Waals surface area contributed by atoms with E-state index in [4.69, 9.17) is 19.3 Å². The molecule has 2 rings (SSSR count). The molecule has 0 bridgehead atoms. The molecule has 0 aromatic carbocycles. The summed E-state index contributed by atoms with van der Waals surface area (Å²) in [5, 5.41) is 91.0. The fourth-order valence-corrected chi connectivity index (χ4v) is 3.60.